The van der Waals surface area contributed by atoms with Crippen LogP contribution in [0.15, 0.2) is 29.4 Å². The first kappa shape index (κ1) is 28.2. The Labute approximate surface area is 223 Å². The molecule has 0 saturated heterocycles. The Balaban J connectivity index is 1.80. The topological polar surface area (TPSA) is 122 Å². The fraction of sp³-hybridized carbons (Fsp3) is 0.400. The number of thiophene rings is 1. The number of thioether (sulfide) groups is 1. The van der Waals surface area contributed by atoms with E-state index in [1.807, 2.05) is 42.7 Å². The monoisotopic (exact) mass is 546 g/mol. The average Bonchev–Trinajstić information content (AvgIpc) is 3.43. The Morgan fingerprint density at radius 3 is 2.38 bits per heavy atom. The van der Waals surface area contributed by atoms with Gasteiger partial charge in [-0.15, -0.1) is 21.5 Å². The number of aromatic nitrogens is 3. The number of amides is 1. The molecule has 1 aromatic carbocycles. The lowest BCUT2D eigenvalue weighted by Crippen LogP contribution is -2.17. The van der Waals surface area contributed by atoms with Crippen molar-refractivity contribution < 1.29 is 28.6 Å². The summed E-state index contributed by atoms with van der Waals surface area (Å²) in [6.45, 7) is 10.4. The van der Waals surface area contributed by atoms with Gasteiger partial charge in [0.25, 0.3) is 0 Å². The van der Waals surface area contributed by atoms with E-state index in [0.29, 0.717) is 35.4 Å². The number of carbonyl (C=O) groups excluding carboxylic acids is 3. The molecule has 0 atom stereocenters. The van der Waals surface area contributed by atoms with Crippen LogP contribution in [0.4, 0.5) is 5.00 Å². The van der Waals surface area contributed by atoms with Crippen molar-refractivity contribution >= 4 is 45.9 Å². The fourth-order valence-corrected chi connectivity index (χ4v) is 5.45. The van der Waals surface area contributed by atoms with Crippen molar-refractivity contribution in [2.75, 3.05) is 30.9 Å². The van der Waals surface area contributed by atoms with E-state index in [2.05, 4.69) is 15.5 Å². The van der Waals surface area contributed by atoms with Crippen molar-refractivity contribution in [3.63, 3.8) is 0 Å². The minimum Gasteiger partial charge on any atom is -0.493 e. The molecule has 3 rings (SSSR count). The van der Waals surface area contributed by atoms with Crippen molar-refractivity contribution in [2.45, 2.75) is 46.3 Å². The zero-order chi connectivity index (χ0) is 26.9. The summed E-state index contributed by atoms with van der Waals surface area (Å²) in [7, 11) is 0. The predicted octanol–water partition coefficient (Wildman–Crippen LogP) is 4.82. The van der Waals surface area contributed by atoms with E-state index in [9.17, 15) is 14.4 Å². The van der Waals surface area contributed by atoms with Crippen LogP contribution >= 0.6 is 23.1 Å². The molecule has 198 valence electrons. The summed E-state index contributed by atoms with van der Waals surface area (Å²) < 4.78 is 17.9. The zero-order valence-electron chi connectivity index (χ0n) is 21.5. The van der Waals surface area contributed by atoms with Gasteiger partial charge < -0.3 is 24.1 Å². The van der Waals surface area contributed by atoms with Gasteiger partial charge >= 0.3 is 11.9 Å². The van der Waals surface area contributed by atoms with Crippen LogP contribution in [-0.4, -0.2) is 58.2 Å². The smallest absolute Gasteiger partial charge is 0.348 e. The first-order valence-electron chi connectivity index (χ1n) is 11.9. The van der Waals surface area contributed by atoms with Gasteiger partial charge in [0.15, 0.2) is 11.0 Å². The second kappa shape index (κ2) is 13.2. The van der Waals surface area contributed by atoms with Crippen LogP contribution in [0.25, 0.3) is 11.4 Å². The number of anilines is 1. The van der Waals surface area contributed by atoms with Crippen LogP contribution in [-0.2, 0) is 20.8 Å². The van der Waals surface area contributed by atoms with Crippen molar-refractivity contribution in [1.82, 2.24) is 14.8 Å². The molecular weight excluding hydrogens is 516 g/mol. The molecule has 1 N–H and O–H groups in total. The molecule has 10 nitrogen and oxygen atoms in total. The van der Waals surface area contributed by atoms with E-state index in [0.717, 1.165) is 16.9 Å². The molecule has 2 heterocycles. The number of ether oxygens (including phenoxy) is 3. The molecule has 0 spiro atoms. The Hall–Kier alpha value is -3.38. The second-order valence-corrected chi connectivity index (χ2v) is 9.48. The van der Waals surface area contributed by atoms with Crippen LogP contribution < -0.4 is 10.1 Å². The number of carbonyl (C=O) groups is 3. The number of para-hydroxylation sites is 1. The van der Waals surface area contributed by atoms with Gasteiger partial charge in [-0.05, 0) is 52.3 Å². The highest BCUT2D eigenvalue weighted by molar-refractivity contribution is 7.99. The highest BCUT2D eigenvalue weighted by Gasteiger charge is 2.27. The first-order valence-corrected chi connectivity index (χ1v) is 13.7. The molecule has 0 aliphatic carbocycles. The van der Waals surface area contributed by atoms with E-state index >= 15 is 0 Å². The summed E-state index contributed by atoms with van der Waals surface area (Å²) in [4.78, 5) is 38.1. The average molecular weight is 547 g/mol. The molecule has 12 heteroatoms. The summed E-state index contributed by atoms with van der Waals surface area (Å²) in [6.07, 6.45) is 0. The number of rotatable bonds is 12. The van der Waals surface area contributed by atoms with E-state index in [4.69, 9.17) is 14.2 Å². The van der Waals surface area contributed by atoms with Gasteiger partial charge in [-0.25, -0.2) is 9.59 Å². The van der Waals surface area contributed by atoms with Crippen molar-refractivity contribution in [3.05, 3.63) is 40.3 Å². The number of esters is 2. The van der Waals surface area contributed by atoms with Crippen LogP contribution in [0.3, 0.4) is 0 Å². The zero-order valence-corrected chi connectivity index (χ0v) is 23.1. The molecule has 0 fully saturated rings. The minimum atomic E-state index is -0.613. The summed E-state index contributed by atoms with van der Waals surface area (Å²) in [5.41, 5.74) is 1.38. The highest BCUT2D eigenvalue weighted by Crippen LogP contribution is 2.35. The minimum absolute atomic E-state index is 0.0131. The van der Waals surface area contributed by atoms with Crippen LogP contribution in [0.2, 0.25) is 0 Å². The van der Waals surface area contributed by atoms with Gasteiger partial charge in [-0.1, -0.05) is 23.9 Å². The van der Waals surface area contributed by atoms with Gasteiger partial charge in [-0.3, -0.25) is 4.79 Å². The van der Waals surface area contributed by atoms with E-state index in [1.165, 1.54) is 11.8 Å². The maximum absolute atomic E-state index is 12.9. The standard InChI is InChI=1S/C25H30N4O6S2/c1-6-29-21(16-12-10-11-13-17(16)33-7-2)27-28-25(29)36-14-18(30)26-22-19(23(31)34-8-3)15(5)20(37-22)24(32)35-9-4/h10-13H,6-9,14H2,1-5H3,(H,26,30). The molecule has 0 bridgehead atoms. The maximum Gasteiger partial charge on any atom is 0.348 e. The third-order valence-electron chi connectivity index (χ3n) is 5.13. The molecule has 0 aliphatic heterocycles. The van der Waals surface area contributed by atoms with Gasteiger partial charge in [0, 0.05) is 6.54 Å². The number of nitrogens with zero attached hydrogens (tertiary/aromatic N) is 3. The second-order valence-electron chi connectivity index (χ2n) is 7.52. The van der Waals surface area contributed by atoms with E-state index in [-0.39, 0.29) is 40.3 Å². The van der Waals surface area contributed by atoms with Crippen LogP contribution in [0, 0.1) is 6.92 Å². The predicted molar refractivity (Wildman–Crippen MR) is 143 cm³/mol. The maximum atomic E-state index is 12.9. The van der Waals surface area contributed by atoms with Crippen molar-refractivity contribution in [3.8, 4) is 17.1 Å². The lowest BCUT2D eigenvalue weighted by Gasteiger charge is -2.11. The largest absolute Gasteiger partial charge is 0.493 e. The number of benzene rings is 1. The quantitative estimate of drug-likeness (QED) is 0.252. The summed E-state index contributed by atoms with van der Waals surface area (Å²) >= 11 is 2.21. The molecule has 0 saturated carbocycles. The first-order chi connectivity index (χ1) is 17.9. The Morgan fingerprint density at radius 1 is 1.00 bits per heavy atom. The van der Waals surface area contributed by atoms with Gasteiger partial charge in [-0.2, -0.15) is 0 Å². The van der Waals surface area contributed by atoms with Gasteiger partial charge in [0.05, 0.1) is 36.7 Å². The summed E-state index contributed by atoms with van der Waals surface area (Å²) in [6, 6.07) is 7.59. The number of hydrogen-bond acceptors (Lipinski definition) is 10. The Morgan fingerprint density at radius 2 is 1.70 bits per heavy atom. The van der Waals surface area contributed by atoms with E-state index < -0.39 is 11.9 Å². The Kier molecular flexibility index (Phi) is 10.1. The number of nitrogens with one attached hydrogen (secondary N) is 1. The SMILES string of the molecule is CCOC(=O)c1sc(NC(=O)CSc2nnc(-c3ccccc3OCC)n2CC)c(C(=O)OCC)c1C. The molecule has 0 aliphatic rings. The highest BCUT2D eigenvalue weighted by atomic mass is 32.2. The molecule has 37 heavy (non-hydrogen) atoms. The molecule has 1 amide bonds. The third kappa shape index (κ3) is 6.50. The lowest BCUT2D eigenvalue weighted by molar-refractivity contribution is -0.113. The molecule has 3 aromatic rings. The van der Waals surface area contributed by atoms with Crippen LogP contribution in [0.1, 0.15) is 53.3 Å². The summed E-state index contributed by atoms with van der Waals surface area (Å²) in [5.74, 6) is -0.168. The Bertz CT molecular complexity index is 1270. The molecule has 0 radical (unpaired) electrons. The molecule has 2 aromatic heterocycles. The normalized spacial score (nSPS) is 10.7. The van der Waals surface area contributed by atoms with Crippen molar-refractivity contribution in [1.29, 1.82) is 0 Å². The van der Waals surface area contributed by atoms with E-state index in [1.54, 1.807) is 20.8 Å². The lowest BCUT2D eigenvalue weighted by atomic mass is 10.1. The van der Waals surface area contributed by atoms with Crippen molar-refractivity contribution in [2.24, 2.45) is 0 Å². The third-order valence-corrected chi connectivity index (χ3v) is 7.29. The van der Waals surface area contributed by atoms with Crippen LogP contribution in [0.5, 0.6) is 5.75 Å². The molecule has 0 unspecified atom stereocenters. The number of hydrogen-bond donors (Lipinski definition) is 1. The van der Waals surface area contributed by atoms with Gasteiger partial charge in [0.2, 0.25) is 5.91 Å². The fourth-order valence-electron chi connectivity index (χ4n) is 3.55. The summed E-state index contributed by atoms with van der Waals surface area (Å²) in [5, 5.41) is 12.2. The van der Waals surface area contributed by atoms with Gasteiger partial charge in [0.1, 0.15) is 15.6 Å². The molecular formula is C25H30N4O6S2.